The molecule has 0 aliphatic rings. The van der Waals surface area contributed by atoms with E-state index in [2.05, 4.69) is 15.6 Å². The number of hydrogen-bond acceptors (Lipinski definition) is 3. The number of rotatable bonds is 7. The first-order valence-corrected chi connectivity index (χ1v) is 8.23. The van der Waals surface area contributed by atoms with Crippen LogP contribution in [0.25, 0.3) is 0 Å². The van der Waals surface area contributed by atoms with Crippen LogP contribution in [0.1, 0.15) is 44.0 Å². The molecule has 2 aromatic rings. The standard InChI is InChI=1S/C19H25N3O2/c1-3-19(2,12-14-23)22-18(24)21-17(15-9-5-4-6-10-15)16-11-7-8-13-20-16/h4-11,13,17,23H,3,12,14H2,1-2H3,(H2,21,22,24). The smallest absolute Gasteiger partial charge is 0.316 e. The van der Waals surface area contributed by atoms with Crippen molar-refractivity contribution in [1.82, 2.24) is 15.6 Å². The van der Waals surface area contributed by atoms with E-state index in [1.54, 1.807) is 6.20 Å². The predicted molar refractivity (Wildman–Crippen MR) is 94.6 cm³/mol. The van der Waals surface area contributed by atoms with Crippen LogP contribution in [0.4, 0.5) is 4.79 Å². The quantitative estimate of drug-likeness (QED) is 0.732. The Morgan fingerprint density at radius 3 is 2.50 bits per heavy atom. The number of benzene rings is 1. The molecule has 2 unspecified atom stereocenters. The lowest BCUT2D eigenvalue weighted by Gasteiger charge is -2.30. The van der Waals surface area contributed by atoms with Gasteiger partial charge in [0.25, 0.3) is 0 Å². The third kappa shape index (κ3) is 4.80. The number of nitrogens with one attached hydrogen (secondary N) is 2. The molecular weight excluding hydrogens is 302 g/mol. The number of amides is 2. The van der Waals surface area contributed by atoms with Crippen LogP contribution in [-0.4, -0.2) is 28.3 Å². The van der Waals surface area contributed by atoms with Crippen LogP contribution in [-0.2, 0) is 0 Å². The van der Waals surface area contributed by atoms with Crippen molar-refractivity contribution in [3.63, 3.8) is 0 Å². The van der Waals surface area contributed by atoms with Gasteiger partial charge in [-0.15, -0.1) is 0 Å². The fourth-order valence-corrected chi connectivity index (χ4v) is 2.54. The van der Waals surface area contributed by atoms with Gasteiger partial charge in [-0.25, -0.2) is 4.79 Å². The van der Waals surface area contributed by atoms with E-state index in [0.29, 0.717) is 6.42 Å². The summed E-state index contributed by atoms with van der Waals surface area (Å²) < 4.78 is 0. The second-order valence-electron chi connectivity index (χ2n) is 6.08. The van der Waals surface area contributed by atoms with Crippen molar-refractivity contribution in [2.24, 2.45) is 0 Å². The first kappa shape index (κ1) is 17.9. The summed E-state index contributed by atoms with van der Waals surface area (Å²) in [5.74, 6) is 0. The molecule has 2 amide bonds. The molecule has 3 N–H and O–H groups in total. The van der Waals surface area contributed by atoms with Gasteiger partial charge in [0.2, 0.25) is 0 Å². The van der Waals surface area contributed by atoms with Crippen molar-refractivity contribution in [1.29, 1.82) is 0 Å². The Morgan fingerprint density at radius 1 is 1.21 bits per heavy atom. The van der Waals surface area contributed by atoms with Gasteiger partial charge < -0.3 is 15.7 Å². The molecule has 2 rings (SSSR count). The minimum atomic E-state index is -0.440. The number of carbonyl (C=O) groups is 1. The Kier molecular flexibility index (Phi) is 6.32. The van der Waals surface area contributed by atoms with E-state index in [9.17, 15) is 9.90 Å². The topological polar surface area (TPSA) is 74.2 Å². The molecule has 0 bridgehead atoms. The monoisotopic (exact) mass is 327 g/mol. The number of nitrogens with zero attached hydrogens (tertiary/aromatic N) is 1. The number of aromatic nitrogens is 1. The van der Waals surface area contributed by atoms with Crippen molar-refractivity contribution in [3.8, 4) is 0 Å². The summed E-state index contributed by atoms with van der Waals surface area (Å²) in [5.41, 5.74) is 1.30. The maximum absolute atomic E-state index is 12.5. The van der Waals surface area contributed by atoms with Crippen molar-refractivity contribution >= 4 is 6.03 Å². The van der Waals surface area contributed by atoms with Gasteiger partial charge in [-0.3, -0.25) is 4.98 Å². The SMILES string of the molecule is CCC(C)(CCO)NC(=O)NC(c1ccccc1)c1ccccn1. The Morgan fingerprint density at radius 2 is 1.92 bits per heavy atom. The van der Waals surface area contributed by atoms with Crippen molar-refractivity contribution in [2.75, 3.05) is 6.61 Å². The van der Waals surface area contributed by atoms with Gasteiger partial charge in [0, 0.05) is 18.3 Å². The second kappa shape index (κ2) is 8.45. The lowest BCUT2D eigenvalue weighted by molar-refractivity contribution is 0.199. The molecule has 1 aromatic carbocycles. The first-order chi connectivity index (χ1) is 11.6. The molecule has 0 radical (unpaired) electrons. The van der Waals surface area contributed by atoms with Crippen LogP contribution in [0.2, 0.25) is 0 Å². The van der Waals surface area contributed by atoms with E-state index < -0.39 is 5.54 Å². The normalized spacial score (nSPS) is 14.5. The van der Waals surface area contributed by atoms with E-state index in [-0.39, 0.29) is 18.7 Å². The number of urea groups is 1. The zero-order valence-corrected chi connectivity index (χ0v) is 14.2. The molecule has 1 heterocycles. The highest BCUT2D eigenvalue weighted by atomic mass is 16.3. The maximum Gasteiger partial charge on any atom is 0.316 e. The molecule has 1 aromatic heterocycles. The fourth-order valence-electron chi connectivity index (χ4n) is 2.54. The number of aliphatic hydroxyl groups is 1. The first-order valence-electron chi connectivity index (χ1n) is 8.23. The lowest BCUT2D eigenvalue weighted by atomic mass is 9.95. The average molecular weight is 327 g/mol. The van der Waals surface area contributed by atoms with Gasteiger partial charge in [0.15, 0.2) is 0 Å². The predicted octanol–water partition coefficient (Wildman–Crippen LogP) is 3.02. The zero-order chi connectivity index (χ0) is 17.4. The van der Waals surface area contributed by atoms with Gasteiger partial charge in [-0.05, 0) is 37.5 Å². The lowest BCUT2D eigenvalue weighted by Crippen LogP contribution is -2.51. The number of aliphatic hydroxyl groups excluding tert-OH is 1. The van der Waals surface area contributed by atoms with Crippen LogP contribution in [0, 0.1) is 0 Å². The van der Waals surface area contributed by atoms with Crippen LogP contribution in [0.15, 0.2) is 54.7 Å². The Hall–Kier alpha value is -2.40. The molecule has 0 spiro atoms. The summed E-state index contributed by atoms with van der Waals surface area (Å²) in [5, 5.41) is 15.2. The highest BCUT2D eigenvalue weighted by Crippen LogP contribution is 2.20. The van der Waals surface area contributed by atoms with Gasteiger partial charge >= 0.3 is 6.03 Å². The zero-order valence-electron chi connectivity index (χ0n) is 14.2. The van der Waals surface area contributed by atoms with Crippen LogP contribution < -0.4 is 10.6 Å². The summed E-state index contributed by atoms with van der Waals surface area (Å²) in [6.45, 7) is 3.96. The van der Waals surface area contributed by atoms with Crippen LogP contribution in [0.5, 0.6) is 0 Å². The van der Waals surface area contributed by atoms with Gasteiger partial charge in [-0.2, -0.15) is 0 Å². The Balaban J connectivity index is 2.19. The van der Waals surface area contributed by atoms with Crippen molar-refractivity contribution in [3.05, 3.63) is 66.0 Å². The molecule has 5 heteroatoms. The van der Waals surface area contributed by atoms with Crippen LogP contribution in [0.3, 0.4) is 0 Å². The third-order valence-electron chi connectivity index (χ3n) is 4.25. The fraction of sp³-hybridized carbons (Fsp3) is 0.368. The van der Waals surface area contributed by atoms with E-state index >= 15 is 0 Å². The second-order valence-corrected chi connectivity index (χ2v) is 6.08. The van der Waals surface area contributed by atoms with Crippen molar-refractivity contribution in [2.45, 2.75) is 38.3 Å². The molecule has 2 atom stereocenters. The summed E-state index contributed by atoms with van der Waals surface area (Å²) in [7, 11) is 0. The number of pyridine rings is 1. The van der Waals surface area contributed by atoms with Gasteiger partial charge in [0.1, 0.15) is 0 Å². The number of hydrogen-bond donors (Lipinski definition) is 3. The molecule has 0 saturated heterocycles. The minimum absolute atomic E-state index is 0.0347. The molecule has 5 nitrogen and oxygen atoms in total. The average Bonchev–Trinajstić information content (AvgIpc) is 2.61. The maximum atomic E-state index is 12.5. The summed E-state index contributed by atoms with van der Waals surface area (Å²) in [4.78, 5) is 16.9. The van der Waals surface area contributed by atoms with E-state index in [1.807, 2.05) is 62.4 Å². The highest BCUT2D eigenvalue weighted by Gasteiger charge is 2.25. The number of carbonyl (C=O) groups excluding carboxylic acids is 1. The molecule has 0 saturated carbocycles. The minimum Gasteiger partial charge on any atom is -0.396 e. The largest absolute Gasteiger partial charge is 0.396 e. The summed E-state index contributed by atoms with van der Waals surface area (Å²) in [6, 6.07) is 14.8. The Labute approximate surface area is 143 Å². The highest BCUT2D eigenvalue weighted by molar-refractivity contribution is 5.75. The molecular formula is C19H25N3O2. The van der Waals surface area contributed by atoms with Gasteiger partial charge in [-0.1, -0.05) is 43.3 Å². The summed E-state index contributed by atoms with van der Waals surface area (Å²) >= 11 is 0. The summed E-state index contributed by atoms with van der Waals surface area (Å²) in [6.07, 6.45) is 2.96. The molecule has 0 aliphatic carbocycles. The van der Waals surface area contributed by atoms with Gasteiger partial charge in [0.05, 0.1) is 11.7 Å². The van der Waals surface area contributed by atoms with E-state index in [0.717, 1.165) is 17.7 Å². The molecule has 0 fully saturated rings. The van der Waals surface area contributed by atoms with E-state index in [4.69, 9.17) is 0 Å². The molecule has 24 heavy (non-hydrogen) atoms. The van der Waals surface area contributed by atoms with Crippen LogP contribution >= 0.6 is 0 Å². The Bertz CT molecular complexity index is 594. The van der Waals surface area contributed by atoms with Crippen molar-refractivity contribution < 1.29 is 9.90 Å². The molecule has 0 aliphatic heterocycles. The molecule has 128 valence electrons. The third-order valence-corrected chi connectivity index (χ3v) is 4.25. The van der Waals surface area contributed by atoms with E-state index in [1.165, 1.54) is 0 Å².